The van der Waals surface area contributed by atoms with E-state index in [-0.39, 0.29) is 5.69 Å². The summed E-state index contributed by atoms with van der Waals surface area (Å²) in [5, 5.41) is 14.3. The van der Waals surface area contributed by atoms with Crippen LogP contribution < -0.4 is 5.32 Å². The summed E-state index contributed by atoms with van der Waals surface area (Å²) in [6, 6.07) is 5.08. The van der Waals surface area contributed by atoms with Crippen molar-refractivity contribution in [2.75, 3.05) is 7.05 Å². The Kier molecular flexibility index (Phi) is 5.56. The maximum absolute atomic E-state index is 10.6. The third kappa shape index (κ3) is 3.68. The number of nitro groups is 1. The molecule has 0 aliphatic heterocycles. The molecule has 1 N–H and O–H groups in total. The number of rotatable bonds is 6. The second-order valence-electron chi connectivity index (χ2n) is 4.48. The standard InChI is InChI=1S/C13H19ClN2O2/c1-4-10(9(2)15-3)7-11-5-6-12(16(17)18)8-13(11)14/h5-6,8-10,15H,4,7H2,1-3H3. The summed E-state index contributed by atoms with van der Waals surface area (Å²) in [5.74, 6) is 0.467. The second kappa shape index (κ2) is 6.71. The summed E-state index contributed by atoms with van der Waals surface area (Å²) >= 11 is 6.10. The van der Waals surface area contributed by atoms with Crippen LogP contribution in [0.4, 0.5) is 5.69 Å². The van der Waals surface area contributed by atoms with E-state index in [1.54, 1.807) is 6.07 Å². The minimum atomic E-state index is -0.427. The highest BCUT2D eigenvalue weighted by Crippen LogP contribution is 2.26. The molecule has 1 aromatic carbocycles. The summed E-state index contributed by atoms with van der Waals surface area (Å²) in [6.07, 6.45) is 1.87. The zero-order chi connectivity index (χ0) is 13.7. The molecule has 2 atom stereocenters. The molecule has 0 saturated heterocycles. The van der Waals surface area contributed by atoms with Crippen LogP contribution in [0.25, 0.3) is 0 Å². The van der Waals surface area contributed by atoms with Gasteiger partial charge in [0, 0.05) is 18.2 Å². The fourth-order valence-electron chi connectivity index (χ4n) is 2.01. The molecule has 0 radical (unpaired) electrons. The molecule has 2 unspecified atom stereocenters. The normalized spacial score (nSPS) is 14.2. The molecule has 0 amide bonds. The molecule has 0 spiro atoms. The van der Waals surface area contributed by atoms with E-state index in [1.165, 1.54) is 12.1 Å². The number of nitrogens with one attached hydrogen (secondary N) is 1. The summed E-state index contributed by atoms with van der Waals surface area (Å²) in [5.41, 5.74) is 1.01. The molecule has 100 valence electrons. The minimum absolute atomic E-state index is 0.0402. The predicted molar refractivity (Wildman–Crippen MR) is 74.1 cm³/mol. The van der Waals surface area contributed by atoms with E-state index < -0.39 is 4.92 Å². The molecule has 0 fully saturated rings. The molecule has 5 heteroatoms. The second-order valence-corrected chi connectivity index (χ2v) is 4.89. The summed E-state index contributed by atoms with van der Waals surface area (Å²) in [4.78, 5) is 10.2. The van der Waals surface area contributed by atoms with E-state index in [4.69, 9.17) is 11.6 Å². The number of hydrogen-bond acceptors (Lipinski definition) is 3. The molecular weight excluding hydrogens is 252 g/mol. The van der Waals surface area contributed by atoms with E-state index in [2.05, 4.69) is 19.2 Å². The van der Waals surface area contributed by atoms with Crippen molar-refractivity contribution in [1.82, 2.24) is 5.32 Å². The molecule has 0 aromatic heterocycles. The Morgan fingerprint density at radius 2 is 2.17 bits per heavy atom. The van der Waals surface area contributed by atoms with Crippen LogP contribution in [-0.2, 0) is 6.42 Å². The predicted octanol–water partition coefficient (Wildman–Crippen LogP) is 3.42. The van der Waals surface area contributed by atoms with E-state index >= 15 is 0 Å². The largest absolute Gasteiger partial charge is 0.317 e. The number of benzene rings is 1. The van der Waals surface area contributed by atoms with Crippen LogP contribution in [0.3, 0.4) is 0 Å². The van der Waals surface area contributed by atoms with Gasteiger partial charge in [0.2, 0.25) is 0 Å². The Labute approximate surface area is 112 Å². The van der Waals surface area contributed by atoms with Gasteiger partial charge in [0.05, 0.1) is 9.95 Å². The van der Waals surface area contributed by atoms with Gasteiger partial charge in [-0.3, -0.25) is 10.1 Å². The zero-order valence-electron chi connectivity index (χ0n) is 10.9. The van der Waals surface area contributed by atoms with Gasteiger partial charge in [0.25, 0.3) is 5.69 Å². The quantitative estimate of drug-likeness (QED) is 0.636. The lowest BCUT2D eigenvalue weighted by atomic mass is 9.91. The Morgan fingerprint density at radius 3 is 2.61 bits per heavy atom. The molecule has 0 saturated carbocycles. The Morgan fingerprint density at radius 1 is 1.50 bits per heavy atom. The maximum Gasteiger partial charge on any atom is 0.270 e. The lowest BCUT2D eigenvalue weighted by Gasteiger charge is -2.22. The summed E-state index contributed by atoms with van der Waals surface area (Å²) in [6.45, 7) is 4.27. The van der Waals surface area contributed by atoms with Gasteiger partial charge in [-0.05, 0) is 31.9 Å². The first-order valence-electron chi connectivity index (χ1n) is 6.09. The van der Waals surface area contributed by atoms with Gasteiger partial charge in [0.1, 0.15) is 0 Å². The van der Waals surface area contributed by atoms with Gasteiger partial charge in [-0.1, -0.05) is 31.0 Å². The van der Waals surface area contributed by atoms with Gasteiger partial charge in [-0.2, -0.15) is 0 Å². The van der Waals surface area contributed by atoms with Crippen molar-refractivity contribution in [3.05, 3.63) is 38.9 Å². The van der Waals surface area contributed by atoms with Crippen molar-refractivity contribution in [2.45, 2.75) is 32.7 Å². The first-order chi connectivity index (χ1) is 8.49. The third-order valence-electron chi connectivity index (χ3n) is 3.42. The van der Waals surface area contributed by atoms with Gasteiger partial charge in [-0.25, -0.2) is 0 Å². The smallest absolute Gasteiger partial charge is 0.270 e. The van der Waals surface area contributed by atoms with Gasteiger partial charge in [-0.15, -0.1) is 0 Å². The molecule has 1 aromatic rings. The first kappa shape index (κ1) is 14.9. The van der Waals surface area contributed by atoms with Crippen LogP contribution in [0.2, 0.25) is 5.02 Å². The molecule has 0 aliphatic rings. The first-order valence-corrected chi connectivity index (χ1v) is 6.47. The van der Waals surface area contributed by atoms with Crippen molar-refractivity contribution in [1.29, 1.82) is 0 Å². The van der Waals surface area contributed by atoms with E-state index in [9.17, 15) is 10.1 Å². The lowest BCUT2D eigenvalue weighted by Crippen LogP contribution is -2.31. The fourth-order valence-corrected chi connectivity index (χ4v) is 2.26. The highest BCUT2D eigenvalue weighted by molar-refractivity contribution is 6.31. The molecular formula is C13H19ClN2O2. The van der Waals surface area contributed by atoms with Crippen LogP contribution in [0.5, 0.6) is 0 Å². The highest BCUT2D eigenvalue weighted by atomic mass is 35.5. The number of nitrogens with zero attached hydrogens (tertiary/aromatic N) is 1. The van der Waals surface area contributed by atoms with Crippen LogP contribution in [-0.4, -0.2) is 18.0 Å². The maximum atomic E-state index is 10.6. The molecule has 0 heterocycles. The summed E-state index contributed by atoms with van der Waals surface area (Å²) < 4.78 is 0. The van der Waals surface area contributed by atoms with Crippen LogP contribution in [0.1, 0.15) is 25.8 Å². The van der Waals surface area contributed by atoms with E-state index in [0.717, 1.165) is 18.4 Å². The van der Waals surface area contributed by atoms with Gasteiger partial charge < -0.3 is 5.32 Å². The van der Waals surface area contributed by atoms with Crippen molar-refractivity contribution in [3.63, 3.8) is 0 Å². The van der Waals surface area contributed by atoms with Gasteiger partial charge in [0.15, 0.2) is 0 Å². The Bertz CT molecular complexity index is 423. The Balaban J connectivity index is 2.87. The topological polar surface area (TPSA) is 55.2 Å². The lowest BCUT2D eigenvalue weighted by molar-refractivity contribution is -0.384. The molecule has 1 rings (SSSR count). The van der Waals surface area contributed by atoms with E-state index in [1.807, 2.05) is 7.05 Å². The van der Waals surface area contributed by atoms with Crippen molar-refractivity contribution >= 4 is 17.3 Å². The SMILES string of the molecule is CCC(Cc1ccc([N+](=O)[O-])cc1Cl)C(C)NC. The molecule has 0 aliphatic carbocycles. The van der Waals surface area contributed by atoms with Crippen molar-refractivity contribution in [2.24, 2.45) is 5.92 Å². The number of non-ortho nitro benzene ring substituents is 1. The third-order valence-corrected chi connectivity index (χ3v) is 3.77. The molecule has 4 nitrogen and oxygen atoms in total. The molecule has 0 bridgehead atoms. The van der Waals surface area contributed by atoms with Crippen LogP contribution in [0.15, 0.2) is 18.2 Å². The van der Waals surface area contributed by atoms with Crippen molar-refractivity contribution < 1.29 is 4.92 Å². The monoisotopic (exact) mass is 270 g/mol. The zero-order valence-corrected chi connectivity index (χ0v) is 11.7. The average molecular weight is 271 g/mol. The van der Waals surface area contributed by atoms with Crippen molar-refractivity contribution in [3.8, 4) is 0 Å². The fraction of sp³-hybridized carbons (Fsp3) is 0.538. The van der Waals surface area contributed by atoms with Crippen LogP contribution in [0, 0.1) is 16.0 Å². The minimum Gasteiger partial charge on any atom is -0.317 e. The summed E-state index contributed by atoms with van der Waals surface area (Å²) in [7, 11) is 1.94. The average Bonchev–Trinajstić information content (AvgIpc) is 2.36. The van der Waals surface area contributed by atoms with E-state index in [0.29, 0.717) is 17.0 Å². The number of hydrogen-bond donors (Lipinski definition) is 1. The Hall–Kier alpha value is -1.13. The molecule has 18 heavy (non-hydrogen) atoms. The highest BCUT2D eigenvalue weighted by Gasteiger charge is 2.17. The number of nitro benzene ring substituents is 1. The van der Waals surface area contributed by atoms with Crippen LogP contribution >= 0.6 is 11.6 Å². The van der Waals surface area contributed by atoms with Gasteiger partial charge >= 0.3 is 0 Å². The number of halogens is 1.